The summed E-state index contributed by atoms with van der Waals surface area (Å²) in [6.07, 6.45) is 4.03. The Morgan fingerprint density at radius 1 is 0.968 bits per heavy atom. The number of aromatic nitrogens is 2. The lowest BCUT2D eigenvalue weighted by Crippen LogP contribution is -2.53. The van der Waals surface area contributed by atoms with E-state index in [4.69, 9.17) is 0 Å². The highest BCUT2D eigenvalue weighted by atomic mass is 16.2. The summed E-state index contributed by atoms with van der Waals surface area (Å²) in [5.41, 5.74) is 4.15. The first-order chi connectivity index (χ1) is 15.1. The van der Waals surface area contributed by atoms with Crippen molar-refractivity contribution < 1.29 is 9.59 Å². The molecule has 2 aromatic carbocycles. The van der Waals surface area contributed by atoms with Gasteiger partial charge in [0.1, 0.15) is 0 Å². The summed E-state index contributed by atoms with van der Waals surface area (Å²) in [6, 6.07) is 17.7. The van der Waals surface area contributed by atoms with Crippen LogP contribution in [0.15, 0.2) is 67.0 Å². The molecule has 0 radical (unpaired) electrons. The van der Waals surface area contributed by atoms with E-state index in [1.54, 1.807) is 15.8 Å². The number of nitrogens with one attached hydrogen (secondary N) is 1. The number of piperazine rings is 1. The number of nitrogens with zero attached hydrogens (tertiary/aromatic N) is 4. The van der Waals surface area contributed by atoms with Crippen LogP contribution in [-0.4, -0.2) is 57.7 Å². The van der Waals surface area contributed by atoms with Crippen molar-refractivity contribution in [1.82, 2.24) is 24.9 Å². The van der Waals surface area contributed by atoms with Crippen LogP contribution in [0.25, 0.3) is 5.69 Å². The third kappa shape index (κ3) is 5.12. The molecule has 7 nitrogen and oxygen atoms in total. The number of carbonyl (C=O) groups is 2. The number of benzene rings is 2. The van der Waals surface area contributed by atoms with Crippen LogP contribution < -0.4 is 5.32 Å². The van der Waals surface area contributed by atoms with Crippen molar-refractivity contribution in [3.63, 3.8) is 0 Å². The van der Waals surface area contributed by atoms with Gasteiger partial charge in [-0.2, -0.15) is 5.10 Å². The van der Waals surface area contributed by atoms with Crippen molar-refractivity contribution in [3.8, 4) is 5.69 Å². The second-order valence-electron chi connectivity index (χ2n) is 7.75. The van der Waals surface area contributed by atoms with E-state index in [1.165, 1.54) is 0 Å². The SMILES string of the molecule is Cc1ccccc1CC(=O)N1CCN(C(=O)NCc2cccc(-n3cccn3)c2)CC1. The fourth-order valence-corrected chi connectivity index (χ4v) is 3.76. The molecule has 4 rings (SSSR count). The van der Waals surface area contributed by atoms with Gasteiger partial charge in [0.05, 0.1) is 12.1 Å². The molecule has 1 fully saturated rings. The van der Waals surface area contributed by atoms with Gasteiger partial charge in [-0.1, -0.05) is 36.4 Å². The molecule has 1 saturated heterocycles. The molecule has 31 heavy (non-hydrogen) atoms. The van der Waals surface area contributed by atoms with Gasteiger partial charge in [0.2, 0.25) is 5.91 Å². The number of rotatable bonds is 5. The zero-order valence-electron chi connectivity index (χ0n) is 17.7. The number of amides is 3. The fraction of sp³-hybridized carbons (Fsp3) is 0.292. The summed E-state index contributed by atoms with van der Waals surface area (Å²) in [6.45, 7) is 4.67. The largest absolute Gasteiger partial charge is 0.339 e. The number of carbonyl (C=O) groups excluding carboxylic acids is 2. The van der Waals surface area contributed by atoms with Gasteiger partial charge in [-0.25, -0.2) is 9.48 Å². The Balaban J connectivity index is 1.25. The Bertz CT molecular complexity index is 1040. The molecule has 3 aromatic rings. The average molecular weight is 418 g/mol. The van der Waals surface area contributed by atoms with E-state index in [1.807, 2.05) is 72.6 Å². The topological polar surface area (TPSA) is 70.5 Å². The normalized spacial score (nSPS) is 13.8. The highest BCUT2D eigenvalue weighted by molar-refractivity contribution is 5.80. The minimum atomic E-state index is -0.101. The lowest BCUT2D eigenvalue weighted by atomic mass is 10.1. The first-order valence-electron chi connectivity index (χ1n) is 10.5. The maximum absolute atomic E-state index is 12.6. The van der Waals surface area contributed by atoms with Gasteiger partial charge >= 0.3 is 6.03 Å². The van der Waals surface area contributed by atoms with Crippen molar-refractivity contribution in [1.29, 1.82) is 0 Å². The monoisotopic (exact) mass is 417 g/mol. The van der Waals surface area contributed by atoms with Crippen molar-refractivity contribution in [3.05, 3.63) is 83.7 Å². The molecule has 1 N–H and O–H groups in total. The van der Waals surface area contributed by atoms with Crippen LogP contribution in [0.1, 0.15) is 16.7 Å². The molecule has 0 bridgehead atoms. The Morgan fingerprint density at radius 3 is 2.48 bits per heavy atom. The molecule has 160 valence electrons. The second kappa shape index (κ2) is 9.47. The zero-order valence-corrected chi connectivity index (χ0v) is 17.7. The van der Waals surface area contributed by atoms with Crippen LogP contribution in [0, 0.1) is 6.92 Å². The van der Waals surface area contributed by atoms with Crippen LogP contribution in [0.2, 0.25) is 0 Å². The predicted octanol–water partition coefficient (Wildman–Crippen LogP) is 2.78. The van der Waals surface area contributed by atoms with Gasteiger partial charge in [-0.05, 0) is 41.8 Å². The van der Waals surface area contributed by atoms with E-state index in [-0.39, 0.29) is 11.9 Å². The van der Waals surface area contributed by atoms with Gasteiger partial charge in [0.25, 0.3) is 0 Å². The van der Waals surface area contributed by atoms with Crippen molar-refractivity contribution in [2.24, 2.45) is 0 Å². The molecule has 0 atom stereocenters. The zero-order chi connectivity index (χ0) is 21.6. The maximum atomic E-state index is 12.6. The van der Waals surface area contributed by atoms with E-state index < -0.39 is 0 Å². The molecule has 0 aliphatic carbocycles. The summed E-state index contributed by atoms with van der Waals surface area (Å²) in [4.78, 5) is 28.9. The molecule has 2 heterocycles. The van der Waals surface area contributed by atoms with Gasteiger partial charge in [0, 0.05) is 45.1 Å². The number of urea groups is 1. The van der Waals surface area contributed by atoms with E-state index in [9.17, 15) is 9.59 Å². The molecule has 1 aliphatic rings. The van der Waals surface area contributed by atoms with E-state index in [2.05, 4.69) is 10.4 Å². The number of hydrogen-bond donors (Lipinski definition) is 1. The van der Waals surface area contributed by atoms with E-state index in [0.717, 1.165) is 22.4 Å². The molecule has 0 unspecified atom stereocenters. The highest BCUT2D eigenvalue weighted by Gasteiger charge is 2.24. The van der Waals surface area contributed by atoms with Crippen molar-refractivity contribution in [2.45, 2.75) is 19.9 Å². The third-order valence-electron chi connectivity index (χ3n) is 5.65. The summed E-state index contributed by atoms with van der Waals surface area (Å²) < 4.78 is 1.79. The van der Waals surface area contributed by atoms with Crippen molar-refractivity contribution >= 4 is 11.9 Å². The Kier molecular flexibility index (Phi) is 6.31. The smallest absolute Gasteiger partial charge is 0.317 e. The lowest BCUT2D eigenvalue weighted by molar-refractivity contribution is -0.131. The average Bonchev–Trinajstić information content (AvgIpc) is 3.34. The second-order valence-corrected chi connectivity index (χ2v) is 7.75. The molecule has 0 spiro atoms. The van der Waals surface area contributed by atoms with Crippen LogP contribution >= 0.6 is 0 Å². The number of hydrogen-bond acceptors (Lipinski definition) is 3. The summed E-state index contributed by atoms with van der Waals surface area (Å²) >= 11 is 0. The Morgan fingerprint density at radius 2 is 1.74 bits per heavy atom. The molecule has 1 aliphatic heterocycles. The molecule has 0 saturated carbocycles. The molecular formula is C24H27N5O2. The fourth-order valence-electron chi connectivity index (χ4n) is 3.76. The van der Waals surface area contributed by atoms with E-state index in [0.29, 0.717) is 39.1 Å². The summed E-state index contributed by atoms with van der Waals surface area (Å²) in [5, 5.41) is 7.22. The van der Waals surface area contributed by atoms with Crippen LogP contribution in [-0.2, 0) is 17.8 Å². The van der Waals surface area contributed by atoms with Crippen LogP contribution in [0.4, 0.5) is 4.79 Å². The molecule has 3 amide bonds. The molecular weight excluding hydrogens is 390 g/mol. The maximum Gasteiger partial charge on any atom is 0.317 e. The minimum absolute atomic E-state index is 0.101. The van der Waals surface area contributed by atoms with Crippen LogP contribution in [0.3, 0.4) is 0 Å². The van der Waals surface area contributed by atoms with Gasteiger partial charge in [0.15, 0.2) is 0 Å². The molecule has 1 aromatic heterocycles. The first-order valence-corrected chi connectivity index (χ1v) is 10.5. The highest BCUT2D eigenvalue weighted by Crippen LogP contribution is 2.12. The first kappa shape index (κ1) is 20.7. The van der Waals surface area contributed by atoms with Gasteiger partial charge in [-0.15, -0.1) is 0 Å². The summed E-state index contributed by atoms with van der Waals surface area (Å²) in [5.74, 6) is 0.116. The minimum Gasteiger partial charge on any atom is -0.339 e. The lowest BCUT2D eigenvalue weighted by Gasteiger charge is -2.35. The quantitative estimate of drug-likeness (QED) is 0.694. The third-order valence-corrected chi connectivity index (χ3v) is 5.65. The molecule has 7 heteroatoms. The summed E-state index contributed by atoms with van der Waals surface area (Å²) in [7, 11) is 0. The Labute approximate surface area is 182 Å². The number of aryl methyl sites for hydroxylation is 1. The predicted molar refractivity (Wildman–Crippen MR) is 119 cm³/mol. The standard InChI is InChI=1S/C24H27N5O2/c1-19-6-2-3-8-21(19)17-23(30)27-12-14-28(15-13-27)24(31)25-18-20-7-4-9-22(16-20)29-11-5-10-26-29/h2-11,16H,12-15,17-18H2,1H3,(H,25,31). The Hall–Kier alpha value is -3.61. The van der Waals surface area contributed by atoms with E-state index >= 15 is 0 Å². The van der Waals surface area contributed by atoms with Gasteiger partial charge < -0.3 is 15.1 Å². The van der Waals surface area contributed by atoms with Crippen molar-refractivity contribution in [2.75, 3.05) is 26.2 Å². The van der Waals surface area contributed by atoms with Gasteiger partial charge in [-0.3, -0.25) is 4.79 Å². The van der Waals surface area contributed by atoms with Crippen LogP contribution in [0.5, 0.6) is 0 Å².